The number of likely N-dealkylation sites (N-methyl/N-ethyl adjacent to an activating group) is 1. The number of piperazine rings is 1. The summed E-state index contributed by atoms with van der Waals surface area (Å²) >= 11 is 0. The Morgan fingerprint density at radius 3 is 1.87 bits per heavy atom. The summed E-state index contributed by atoms with van der Waals surface area (Å²) in [6.45, 7) is 14.0. The maximum Gasteiger partial charge on any atom is 0.0367 e. The van der Waals surface area contributed by atoms with Gasteiger partial charge in [0.05, 0.1) is 0 Å². The third-order valence-electron chi connectivity index (χ3n) is 8.68. The average Bonchev–Trinajstić information content (AvgIpc) is 3.49. The Balaban J connectivity index is 1.31. The Morgan fingerprint density at radius 1 is 0.767 bits per heavy atom. The Labute approximate surface area is 182 Å². The van der Waals surface area contributed by atoms with Crippen LogP contribution in [-0.2, 0) is 5.41 Å². The van der Waals surface area contributed by atoms with Crippen molar-refractivity contribution in [3.63, 3.8) is 0 Å². The second-order valence-electron chi connectivity index (χ2n) is 9.51. The van der Waals surface area contributed by atoms with Crippen LogP contribution in [0, 0.1) is 5.92 Å². The largest absolute Gasteiger partial charge is 0.368 e. The number of benzene rings is 2. The first-order valence-electron chi connectivity index (χ1n) is 12.1. The molecule has 30 heavy (non-hydrogen) atoms. The Morgan fingerprint density at radius 2 is 1.33 bits per heavy atom. The molecule has 0 N–H and O–H groups in total. The molecular formula is C27H37N3. The summed E-state index contributed by atoms with van der Waals surface area (Å²) in [5.74, 6) is 0.859. The molecule has 2 unspecified atom stereocenters. The fourth-order valence-corrected chi connectivity index (χ4v) is 7.06. The molecule has 2 aliphatic heterocycles. The van der Waals surface area contributed by atoms with Crippen molar-refractivity contribution in [2.75, 3.05) is 49.1 Å². The van der Waals surface area contributed by atoms with Crippen LogP contribution in [0.3, 0.4) is 0 Å². The van der Waals surface area contributed by atoms with E-state index in [1.165, 1.54) is 43.7 Å². The maximum atomic E-state index is 2.79. The second kappa shape index (κ2) is 7.60. The molecule has 2 atom stereocenters. The van der Waals surface area contributed by atoms with Gasteiger partial charge in [-0.3, -0.25) is 4.90 Å². The highest BCUT2D eigenvalue weighted by molar-refractivity contribution is 5.54. The molecular weight excluding hydrogens is 366 g/mol. The van der Waals surface area contributed by atoms with Gasteiger partial charge in [-0.2, -0.15) is 0 Å². The Kier molecular flexibility index (Phi) is 5.05. The van der Waals surface area contributed by atoms with E-state index in [4.69, 9.17) is 0 Å². The number of nitrogens with zero attached hydrogens (tertiary/aromatic N) is 3. The van der Waals surface area contributed by atoms with Crippen LogP contribution in [0.2, 0.25) is 0 Å². The molecule has 3 fully saturated rings. The normalized spacial score (nSPS) is 27.9. The van der Waals surface area contributed by atoms with Gasteiger partial charge in [0.25, 0.3) is 0 Å². The molecule has 2 aromatic carbocycles. The highest BCUT2D eigenvalue weighted by Crippen LogP contribution is 2.69. The lowest BCUT2D eigenvalue weighted by Crippen LogP contribution is -2.52. The molecule has 3 nitrogen and oxygen atoms in total. The van der Waals surface area contributed by atoms with Gasteiger partial charge in [-0.15, -0.1) is 0 Å². The van der Waals surface area contributed by atoms with Crippen molar-refractivity contribution in [2.24, 2.45) is 5.92 Å². The van der Waals surface area contributed by atoms with Gasteiger partial charge in [-0.1, -0.05) is 51.1 Å². The molecule has 0 radical (unpaired) electrons. The number of anilines is 2. The van der Waals surface area contributed by atoms with Crippen molar-refractivity contribution in [1.29, 1.82) is 0 Å². The summed E-state index contributed by atoms with van der Waals surface area (Å²) in [4.78, 5) is 7.86. The van der Waals surface area contributed by atoms with Crippen molar-refractivity contribution < 1.29 is 0 Å². The predicted octanol–water partition coefficient (Wildman–Crippen LogP) is 5.17. The minimum absolute atomic E-state index is 0.356. The van der Waals surface area contributed by atoms with E-state index in [-0.39, 0.29) is 0 Å². The van der Waals surface area contributed by atoms with Crippen molar-refractivity contribution in [3.8, 4) is 0 Å². The number of hydrogen-bond donors (Lipinski definition) is 0. The van der Waals surface area contributed by atoms with E-state index in [9.17, 15) is 0 Å². The number of para-hydroxylation sites is 1. The Hall–Kier alpha value is -2.00. The van der Waals surface area contributed by atoms with Crippen molar-refractivity contribution in [2.45, 2.75) is 51.0 Å². The van der Waals surface area contributed by atoms with Crippen LogP contribution in [0.25, 0.3) is 0 Å². The number of fused-ring (bicyclic) bond motifs is 1. The molecule has 2 heterocycles. The van der Waals surface area contributed by atoms with Crippen LogP contribution in [0.1, 0.15) is 45.6 Å². The minimum Gasteiger partial charge on any atom is -0.368 e. The average molecular weight is 404 g/mol. The van der Waals surface area contributed by atoms with E-state index >= 15 is 0 Å². The molecule has 1 aliphatic carbocycles. The molecule has 3 heteroatoms. The zero-order valence-electron chi connectivity index (χ0n) is 19.0. The number of likely N-dealkylation sites (tertiary alicyclic amines) is 1. The van der Waals surface area contributed by atoms with Gasteiger partial charge in [0, 0.05) is 55.1 Å². The van der Waals surface area contributed by atoms with Crippen LogP contribution in [-0.4, -0.2) is 49.7 Å². The van der Waals surface area contributed by atoms with Gasteiger partial charge in [-0.05, 0) is 61.6 Å². The number of hydrogen-bond acceptors (Lipinski definition) is 3. The van der Waals surface area contributed by atoms with E-state index in [1.54, 1.807) is 5.56 Å². The van der Waals surface area contributed by atoms with Gasteiger partial charge < -0.3 is 9.80 Å². The standard InChI is InChI=1S/C27H37N3/c1-4-26(5-2)27(20-23(27)21-30(26)6-3)22-12-14-25(15-13-22)29-18-16-28(17-19-29)24-10-8-7-9-11-24/h7-15,23H,4-6,16-21H2,1-3H3. The fraction of sp³-hybridized carbons (Fsp3) is 0.556. The first-order valence-corrected chi connectivity index (χ1v) is 12.1. The molecule has 0 bridgehead atoms. The molecule has 3 aliphatic rings. The molecule has 0 amide bonds. The summed E-state index contributed by atoms with van der Waals surface area (Å²) in [6, 6.07) is 20.6. The van der Waals surface area contributed by atoms with Gasteiger partial charge in [0.2, 0.25) is 0 Å². The fourth-order valence-electron chi connectivity index (χ4n) is 7.06. The van der Waals surface area contributed by atoms with E-state index in [0.717, 1.165) is 32.1 Å². The molecule has 0 aromatic heterocycles. The first-order chi connectivity index (χ1) is 14.7. The third-order valence-corrected chi connectivity index (χ3v) is 8.68. The smallest absolute Gasteiger partial charge is 0.0367 e. The molecule has 2 aromatic rings. The monoisotopic (exact) mass is 403 g/mol. The summed E-state index contributed by atoms with van der Waals surface area (Å²) in [5, 5.41) is 0. The summed E-state index contributed by atoms with van der Waals surface area (Å²) < 4.78 is 0. The molecule has 0 spiro atoms. The topological polar surface area (TPSA) is 9.72 Å². The van der Waals surface area contributed by atoms with Crippen molar-refractivity contribution in [3.05, 3.63) is 60.2 Å². The van der Waals surface area contributed by atoms with Crippen LogP contribution in [0.5, 0.6) is 0 Å². The van der Waals surface area contributed by atoms with Crippen LogP contribution >= 0.6 is 0 Å². The van der Waals surface area contributed by atoms with E-state index in [0.29, 0.717) is 11.0 Å². The highest BCUT2D eigenvalue weighted by atomic mass is 15.3. The molecule has 5 rings (SSSR count). The Bertz CT molecular complexity index is 849. The zero-order chi connectivity index (χ0) is 20.8. The summed E-state index contributed by atoms with van der Waals surface area (Å²) in [6.07, 6.45) is 3.91. The van der Waals surface area contributed by atoms with E-state index in [2.05, 4.69) is 90.1 Å². The van der Waals surface area contributed by atoms with Gasteiger partial charge in [-0.25, -0.2) is 0 Å². The summed E-state index contributed by atoms with van der Waals surface area (Å²) in [5.41, 5.74) is 5.10. The van der Waals surface area contributed by atoms with Crippen molar-refractivity contribution >= 4 is 11.4 Å². The molecule has 160 valence electrons. The second-order valence-corrected chi connectivity index (χ2v) is 9.51. The van der Waals surface area contributed by atoms with Crippen molar-refractivity contribution in [1.82, 2.24) is 4.90 Å². The van der Waals surface area contributed by atoms with E-state index in [1.807, 2.05) is 0 Å². The lowest BCUT2D eigenvalue weighted by molar-refractivity contribution is 0.0869. The lowest BCUT2D eigenvalue weighted by Gasteiger charge is -2.45. The van der Waals surface area contributed by atoms with Gasteiger partial charge >= 0.3 is 0 Å². The number of rotatable bonds is 6. The summed E-state index contributed by atoms with van der Waals surface area (Å²) in [7, 11) is 0. The lowest BCUT2D eigenvalue weighted by atomic mass is 9.72. The SMILES string of the molecule is CCN1CC2CC2(c2ccc(N3CCN(c4ccccc4)CC3)cc2)C1(CC)CC. The predicted molar refractivity (Wildman–Crippen MR) is 128 cm³/mol. The maximum absolute atomic E-state index is 2.79. The van der Waals surface area contributed by atoms with E-state index < -0.39 is 0 Å². The zero-order valence-corrected chi connectivity index (χ0v) is 19.0. The highest BCUT2D eigenvalue weighted by Gasteiger charge is 2.72. The molecule has 1 saturated carbocycles. The first kappa shape index (κ1) is 19.9. The van der Waals surface area contributed by atoms with Gasteiger partial charge in [0.1, 0.15) is 0 Å². The van der Waals surface area contributed by atoms with Crippen LogP contribution in [0.15, 0.2) is 54.6 Å². The van der Waals surface area contributed by atoms with Crippen LogP contribution in [0.4, 0.5) is 11.4 Å². The number of piperidine rings is 1. The quantitative estimate of drug-likeness (QED) is 0.659. The third kappa shape index (κ3) is 2.81. The van der Waals surface area contributed by atoms with Crippen LogP contribution < -0.4 is 9.80 Å². The molecule has 2 saturated heterocycles. The minimum atomic E-state index is 0.356. The van der Waals surface area contributed by atoms with Gasteiger partial charge in [0.15, 0.2) is 0 Å².